The summed E-state index contributed by atoms with van der Waals surface area (Å²) in [7, 11) is 0. The van der Waals surface area contributed by atoms with E-state index in [0.717, 1.165) is 49.1 Å². The number of hydrogen-bond donors (Lipinski definition) is 1. The van der Waals surface area contributed by atoms with E-state index >= 15 is 0 Å². The Morgan fingerprint density at radius 3 is 2.60 bits per heavy atom. The van der Waals surface area contributed by atoms with Crippen molar-refractivity contribution >= 4 is 17.4 Å². The molecule has 2 aromatic rings. The Balaban J connectivity index is 1.75. The van der Waals surface area contributed by atoms with Gasteiger partial charge in [-0.2, -0.15) is 0 Å². The number of hydrogen-bond acceptors (Lipinski definition) is 4. The molecule has 5 heteroatoms. The van der Waals surface area contributed by atoms with Crippen molar-refractivity contribution in [2.24, 2.45) is 0 Å². The molecule has 1 saturated heterocycles. The molecular formula is C15H17ClN4. The van der Waals surface area contributed by atoms with Gasteiger partial charge in [0.25, 0.3) is 0 Å². The minimum atomic E-state index is 0.762. The molecule has 0 atom stereocenters. The van der Waals surface area contributed by atoms with Crippen LogP contribution in [0.4, 0.5) is 5.82 Å². The van der Waals surface area contributed by atoms with Crippen LogP contribution in [0.1, 0.15) is 11.3 Å². The molecule has 1 aliphatic rings. The smallest absolute Gasteiger partial charge is 0.132 e. The van der Waals surface area contributed by atoms with E-state index in [4.69, 9.17) is 11.6 Å². The standard InChI is InChI=1S/C15H17ClN4/c16-13-3-1-12(2-4-13)9-14-10-15(19-11-18-14)20-7-5-17-6-8-20/h1-4,10-11,17H,5-9H2. The van der Waals surface area contributed by atoms with Crippen molar-refractivity contribution in [3.8, 4) is 0 Å². The molecule has 104 valence electrons. The summed E-state index contributed by atoms with van der Waals surface area (Å²) in [5, 5.41) is 4.11. The first-order chi connectivity index (χ1) is 9.81. The van der Waals surface area contributed by atoms with Crippen molar-refractivity contribution in [3.63, 3.8) is 0 Å². The molecule has 1 N–H and O–H groups in total. The Labute approximate surface area is 123 Å². The normalized spacial score (nSPS) is 15.3. The number of nitrogens with zero attached hydrogens (tertiary/aromatic N) is 3. The summed E-state index contributed by atoms with van der Waals surface area (Å²) in [6.45, 7) is 4.02. The molecule has 0 spiro atoms. The molecule has 0 radical (unpaired) electrons. The zero-order valence-corrected chi connectivity index (χ0v) is 12.0. The lowest BCUT2D eigenvalue weighted by Gasteiger charge is -2.28. The quantitative estimate of drug-likeness (QED) is 0.939. The van der Waals surface area contributed by atoms with Crippen LogP contribution in [0, 0.1) is 0 Å². The van der Waals surface area contributed by atoms with E-state index in [0.29, 0.717) is 0 Å². The largest absolute Gasteiger partial charge is 0.354 e. The lowest BCUT2D eigenvalue weighted by Crippen LogP contribution is -2.43. The molecule has 1 fully saturated rings. The fraction of sp³-hybridized carbons (Fsp3) is 0.333. The summed E-state index contributed by atoms with van der Waals surface area (Å²) in [6, 6.07) is 9.98. The van der Waals surface area contributed by atoms with Gasteiger partial charge < -0.3 is 10.2 Å². The molecule has 0 saturated carbocycles. The summed E-state index contributed by atoms with van der Waals surface area (Å²) in [4.78, 5) is 11.0. The van der Waals surface area contributed by atoms with Crippen molar-refractivity contribution in [1.82, 2.24) is 15.3 Å². The Kier molecular flexibility index (Phi) is 4.14. The van der Waals surface area contributed by atoms with Gasteiger partial charge in [0.1, 0.15) is 12.1 Å². The van der Waals surface area contributed by atoms with Crippen LogP contribution in [-0.4, -0.2) is 36.1 Å². The summed E-state index contributed by atoms with van der Waals surface area (Å²) in [5.41, 5.74) is 2.25. The van der Waals surface area contributed by atoms with Crippen LogP contribution >= 0.6 is 11.6 Å². The molecule has 4 nitrogen and oxygen atoms in total. The minimum Gasteiger partial charge on any atom is -0.354 e. The SMILES string of the molecule is Clc1ccc(Cc2cc(N3CCNCC3)ncn2)cc1. The van der Waals surface area contributed by atoms with Crippen molar-refractivity contribution in [1.29, 1.82) is 0 Å². The number of halogens is 1. The second-order valence-electron chi connectivity index (χ2n) is 4.91. The fourth-order valence-corrected chi connectivity index (χ4v) is 2.49. The topological polar surface area (TPSA) is 41.0 Å². The number of anilines is 1. The maximum Gasteiger partial charge on any atom is 0.132 e. The van der Waals surface area contributed by atoms with E-state index < -0.39 is 0 Å². The highest BCUT2D eigenvalue weighted by Gasteiger charge is 2.12. The first-order valence-electron chi connectivity index (χ1n) is 6.82. The van der Waals surface area contributed by atoms with E-state index in [2.05, 4.69) is 26.3 Å². The highest BCUT2D eigenvalue weighted by molar-refractivity contribution is 6.30. The first kappa shape index (κ1) is 13.3. The van der Waals surface area contributed by atoms with Gasteiger partial charge in [0, 0.05) is 43.7 Å². The van der Waals surface area contributed by atoms with E-state index in [-0.39, 0.29) is 0 Å². The van der Waals surface area contributed by atoms with Crippen molar-refractivity contribution < 1.29 is 0 Å². The molecule has 1 aromatic carbocycles. The van der Waals surface area contributed by atoms with E-state index in [1.54, 1.807) is 6.33 Å². The number of rotatable bonds is 3. The van der Waals surface area contributed by atoms with Gasteiger partial charge in [-0.1, -0.05) is 23.7 Å². The highest BCUT2D eigenvalue weighted by Crippen LogP contribution is 2.16. The summed E-state index contributed by atoms with van der Waals surface area (Å²) < 4.78 is 0. The lowest BCUT2D eigenvalue weighted by atomic mass is 10.1. The van der Waals surface area contributed by atoms with Gasteiger partial charge >= 0.3 is 0 Å². The third-order valence-electron chi connectivity index (χ3n) is 3.45. The fourth-order valence-electron chi connectivity index (χ4n) is 2.36. The monoisotopic (exact) mass is 288 g/mol. The van der Waals surface area contributed by atoms with Gasteiger partial charge in [-0.15, -0.1) is 0 Å². The van der Waals surface area contributed by atoms with Crippen LogP contribution in [0.15, 0.2) is 36.7 Å². The lowest BCUT2D eigenvalue weighted by molar-refractivity contribution is 0.584. The number of piperazine rings is 1. The third-order valence-corrected chi connectivity index (χ3v) is 3.70. The Hall–Kier alpha value is -1.65. The zero-order valence-electron chi connectivity index (χ0n) is 11.2. The van der Waals surface area contributed by atoms with E-state index in [9.17, 15) is 0 Å². The molecule has 2 heterocycles. The highest BCUT2D eigenvalue weighted by atomic mass is 35.5. The van der Waals surface area contributed by atoms with Gasteiger partial charge in [-0.05, 0) is 17.7 Å². The van der Waals surface area contributed by atoms with Gasteiger partial charge in [-0.3, -0.25) is 0 Å². The number of aromatic nitrogens is 2. The predicted octanol–water partition coefficient (Wildman–Crippen LogP) is 2.13. The summed E-state index contributed by atoms with van der Waals surface area (Å²) in [5.74, 6) is 1.02. The average Bonchev–Trinajstić information content (AvgIpc) is 2.51. The van der Waals surface area contributed by atoms with Gasteiger partial charge in [0.2, 0.25) is 0 Å². The van der Waals surface area contributed by atoms with Crippen LogP contribution < -0.4 is 10.2 Å². The second-order valence-corrected chi connectivity index (χ2v) is 5.34. The molecule has 20 heavy (non-hydrogen) atoms. The second kappa shape index (κ2) is 6.20. The van der Waals surface area contributed by atoms with E-state index in [1.807, 2.05) is 24.3 Å². The molecule has 0 aliphatic carbocycles. The molecule has 1 aliphatic heterocycles. The molecule has 3 rings (SSSR count). The van der Waals surface area contributed by atoms with Crippen molar-refractivity contribution in [2.75, 3.05) is 31.1 Å². The van der Waals surface area contributed by atoms with Crippen LogP contribution in [0.5, 0.6) is 0 Å². The molecule has 0 unspecified atom stereocenters. The van der Waals surface area contributed by atoms with Gasteiger partial charge in [0.15, 0.2) is 0 Å². The van der Waals surface area contributed by atoms with Crippen LogP contribution in [0.25, 0.3) is 0 Å². The molecular weight excluding hydrogens is 272 g/mol. The number of nitrogens with one attached hydrogen (secondary N) is 1. The van der Waals surface area contributed by atoms with Crippen molar-refractivity contribution in [3.05, 3.63) is 52.9 Å². The summed E-state index contributed by atoms with van der Waals surface area (Å²) in [6.07, 6.45) is 2.46. The van der Waals surface area contributed by atoms with Crippen LogP contribution in [-0.2, 0) is 6.42 Å². The van der Waals surface area contributed by atoms with Crippen molar-refractivity contribution in [2.45, 2.75) is 6.42 Å². The Bertz CT molecular complexity index is 564. The predicted molar refractivity (Wildman–Crippen MR) is 81.4 cm³/mol. The van der Waals surface area contributed by atoms with Crippen LogP contribution in [0.3, 0.4) is 0 Å². The first-order valence-corrected chi connectivity index (χ1v) is 7.20. The molecule has 0 amide bonds. The van der Waals surface area contributed by atoms with E-state index in [1.165, 1.54) is 5.56 Å². The maximum absolute atomic E-state index is 5.90. The minimum absolute atomic E-state index is 0.762. The molecule has 0 bridgehead atoms. The zero-order chi connectivity index (χ0) is 13.8. The summed E-state index contributed by atoms with van der Waals surface area (Å²) >= 11 is 5.90. The third kappa shape index (κ3) is 3.26. The van der Waals surface area contributed by atoms with Gasteiger partial charge in [-0.25, -0.2) is 9.97 Å². The van der Waals surface area contributed by atoms with Gasteiger partial charge in [0.05, 0.1) is 5.69 Å². The maximum atomic E-state index is 5.90. The number of benzene rings is 1. The Morgan fingerprint density at radius 1 is 1.10 bits per heavy atom. The average molecular weight is 289 g/mol. The Morgan fingerprint density at radius 2 is 1.85 bits per heavy atom. The molecule has 1 aromatic heterocycles. The van der Waals surface area contributed by atoms with Crippen LogP contribution in [0.2, 0.25) is 5.02 Å².